The molecule has 0 spiro atoms. The molecule has 3 N–H and O–H groups in total. The van der Waals surface area contributed by atoms with E-state index in [1.807, 2.05) is 7.05 Å². The van der Waals surface area contributed by atoms with Crippen LogP contribution in [0.3, 0.4) is 0 Å². The number of carbonyl (C=O) groups is 1. The van der Waals surface area contributed by atoms with Crippen molar-refractivity contribution in [1.29, 1.82) is 0 Å². The molecule has 2 aromatic rings. The Balaban J connectivity index is 1.62. The number of ether oxygens (including phenoxy) is 1. The fraction of sp³-hybridized carbons (Fsp3) is 0.650. The third kappa shape index (κ3) is 3.94. The first-order valence-electron chi connectivity index (χ1n) is 10.0. The number of aryl methyl sites for hydroxylation is 1. The predicted octanol–water partition coefficient (Wildman–Crippen LogP) is 3.29. The van der Waals surface area contributed by atoms with Crippen molar-refractivity contribution in [2.24, 2.45) is 5.73 Å². The van der Waals surface area contributed by atoms with Gasteiger partial charge in [-0.15, -0.1) is 11.3 Å². The highest BCUT2D eigenvalue weighted by molar-refractivity contribution is 7.18. The summed E-state index contributed by atoms with van der Waals surface area (Å²) in [6.45, 7) is 0. The van der Waals surface area contributed by atoms with Gasteiger partial charge in [0.15, 0.2) is 0 Å². The summed E-state index contributed by atoms with van der Waals surface area (Å²) in [6, 6.07) is 0.599. The van der Waals surface area contributed by atoms with E-state index in [0.29, 0.717) is 18.4 Å². The number of primary amides is 1. The Hall–Kier alpha value is -1.73. The van der Waals surface area contributed by atoms with Crippen molar-refractivity contribution in [1.82, 2.24) is 15.3 Å². The van der Waals surface area contributed by atoms with E-state index in [4.69, 9.17) is 10.5 Å². The van der Waals surface area contributed by atoms with Gasteiger partial charge in [0.1, 0.15) is 17.3 Å². The zero-order valence-electron chi connectivity index (χ0n) is 15.9. The van der Waals surface area contributed by atoms with Gasteiger partial charge in [0.2, 0.25) is 11.8 Å². The highest BCUT2D eigenvalue weighted by atomic mass is 32.1. The van der Waals surface area contributed by atoms with E-state index in [1.54, 1.807) is 17.7 Å². The summed E-state index contributed by atoms with van der Waals surface area (Å²) in [7, 11) is 2.03. The Labute approximate surface area is 163 Å². The van der Waals surface area contributed by atoms with Gasteiger partial charge in [-0.3, -0.25) is 4.79 Å². The van der Waals surface area contributed by atoms with Crippen LogP contribution < -0.4 is 15.8 Å². The number of rotatable bonds is 6. The summed E-state index contributed by atoms with van der Waals surface area (Å²) >= 11 is 1.76. The Morgan fingerprint density at radius 1 is 1.30 bits per heavy atom. The van der Waals surface area contributed by atoms with Crippen molar-refractivity contribution in [3.63, 3.8) is 0 Å². The van der Waals surface area contributed by atoms with E-state index in [1.165, 1.54) is 10.4 Å². The molecule has 2 aromatic heterocycles. The first-order chi connectivity index (χ1) is 13.2. The SMILES string of the molecule is CN[C@H]1CC[C@H](Oc2ncnc3sc4c(c23)[C@@H](CCC(N)=O)CCC4)CC1. The lowest BCUT2D eigenvalue weighted by Gasteiger charge is -2.29. The van der Waals surface area contributed by atoms with Gasteiger partial charge in [0.25, 0.3) is 0 Å². The van der Waals surface area contributed by atoms with Crippen molar-refractivity contribution in [3.05, 3.63) is 16.8 Å². The monoisotopic (exact) mass is 388 g/mol. The maximum atomic E-state index is 11.3. The first-order valence-corrected chi connectivity index (χ1v) is 10.9. The standard InChI is InChI=1S/C20H28N4O2S/c1-22-13-6-8-14(9-7-13)26-19-18-17-12(5-10-16(21)25)3-2-4-15(17)27-20(18)24-11-23-19/h11-14,22H,2-10H2,1H3,(H2,21,25)/t12-,13-,14-/m1/s1. The Morgan fingerprint density at radius 2 is 2.11 bits per heavy atom. The van der Waals surface area contributed by atoms with E-state index in [9.17, 15) is 4.79 Å². The lowest BCUT2D eigenvalue weighted by Crippen LogP contribution is -2.34. The van der Waals surface area contributed by atoms with Crippen molar-refractivity contribution >= 4 is 27.5 Å². The summed E-state index contributed by atoms with van der Waals surface area (Å²) in [5.74, 6) is 0.857. The van der Waals surface area contributed by atoms with Crippen LogP contribution in [0.15, 0.2) is 6.33 Å². The third-order valence-corrected chi connectivity index (χ3v) is 7.21. The third-order valence-electron chi connectivity index (χ3n) is 6.03. The lowest BCUT2D eigenvalue weighted by molar-refractivity contribution is -0.118. The summed E-state index contributed by atoms with van der Waals surface area (Å²) in [6.07, 6.45) is 10.8. The smallest absolute Gasteiger partial charge is 0.225 e. The molecule has 1 fully saturated rings. The zero-order valence-corrected chi connectivity index (χ0v) is 16.7. The number of nitrogens with one attached hydrogen (secondary N) is 1. The predicted molar refractivity (Wildman–Crippen MR) is 107 cm³/mol. The van der Waals surface area contributed by atoms with Crippen LogP contribution in [-0.2, 0) is 11.2 Å². The van der Waals surface area contributed by atoms with Gasteiger partial charge in [0, 0.05) is 17.3 Å². The highest BCUT2D eigenvalue weighted by Crippen LogP contribution is 2.46. The minimum absolute atomic E-state index is 0.218. The molecule has 0 radical (unpaired) electrons. The average molecular weight is 389 g/mol. The zero-order chi connectivity index (χ0) is 18.8. The number of fused-ring (bicyclic) bond motifs is 3. The second kappa shape index (κ2) is 8.10. The van der Waals surface area contributed by atoms with E-state index in [0.717, 1.165) is 67.5 Å². The molecule has 2 heterocycles. The summed E-state index contributed by atoms with van der Waals surface area (Å²) < 4.78 is 6.40. The van der Waals surface area contributed by atoms with Gasteiger partial charge in [-0.1, -0.05) is 0 Å². The summed E-state index contributed by atoms with van der Waals surface area (Å²) in [5.41, 5.74) is 6.72. The number of nitrogens with two attached hydrogens (primary N) is 1. The number of hydrogen-bond donors (Lipinski definition) is 2. The number of nitrogens with zero attached hydrogens (tertiary/aromatic N) is 2. The van der Waals surface area contributed by atoms with E-state index >= 15 is 0 Å². The molecule has 1 amide bonds. The minimum Gasteiger partial charge on any atom is -0.474 e. The Bertz CT molecular complexity index is 814. The molecule has 0 aromatic carbocycles. The molecule has 4 rings (SSSR count). The second-order valence-electron chi connectivity index (χ2n) is 7.77. The van der Waals surface area contributed by atoms with Crippen LogP contribution in [0.5, 0.6) is 5.88 Å². The molecule has 27 heavy (non-hydrogen) atoms. The quantitative estimate of drug-likeness (QED) is 0.792. The molecule has 0 unspecified atom stereocenters. The topological polar surface area (TPSA) is 90.1 Å². The van der Waals surface area contributed by atoms with Gasteiger partial charge in [0.05, 0.1) is 5.39 Å². The maximum absolute atomic E-state index is 11.3. The number of hydrogen-bond acceptors (Lipinski definition) is 6. The van der Waals surface area contributed by atoms with Gasteiger partial charge >= 0.3 is 0 Å². The summed E-state index contributed by atoms with van der Waals surface area (Å²) in [5, 5.41) is 4.45. The van der Waals surface area contributed by atoms with Gasteiger partial charge in [-0.25, -0.2) is 9.97 Å². The molecule has 6 nitrogen and oxygen atoms in total. The van der Waals surface area contributed by atoms with Crippen LogP contribution >= 0.6 is 11.3 Å². The molecule has 0 aliphatic heterocycles. The maximum Gasteiger partial charge on any atom is 0.225 e. The minimum atomic E-state index is -0.226. The molecular formula is C20H28N4O2S. The Kier molecular flexibility index (Phi) is 5.59. The fourth-order valence-electron chi connectivity index (χ4n) is 4.57. The number of amides is 1. The molecule has 146 valence electrons. The van der Waals surface area contributed by atoms with Crippen LogP contribution in [0.4, 0.5) is 0 Å². The van der Waals surface area contributed by atoms with Gasteiger partial charge in [-0.05, 0) is 69.9 Å². The molecule has 2 aliphatic rings. The van der Waals surface area contributed by atoms with Crippen LogP contribution in [0.1, 0.15) is 67.7 Å². The van der Waals surface area contributed by atoms with Crippen molar-refractivity contribution in [3.8, 4) is 5.88 Å². The van der Waals surface area contributed by atoms with Crippen molar-refractivity contribution in [2.45, 2.75) is 75.9 Å². The van der Waals surface area contributed by atoms with Crippen LogP contribution in [0.25, 0.3) is 10.2 Å². The molecular weight excluding hydrogens is 360 g/mol. The first kappa shape index (κ1) is 18.6. The number of thiophene rings is 1. The molecule has 0 saturated heterocycles. The molecule has 1 saturated carbocycles. The summed E-state index contributed by atoms with van der Waals surface area (Å²) in [4.78, 5) is 22.7. The van der Waals surface area contributed by atoms with Crippen LogP contribution in [0.2, 0.25) is 0 Å². The van der Waals surface area contributed by atoms with Crippen LogP contribution in [-0.4, -0.2) is 35.1 Å². The normalized spacial score (nSPS) is 25.3. The molecule has 2 aliphatic carbocycles. The van der Waals surface area contributed by atoms with Crippen molar-refractivity contribution in [2.75, 3.05) is 7.05 Å². The van der Waals surface area contributed by atoms with Crippen molar-refractivity contribution < 1.29 is 9.53 Å². The second-order valence-corrected chi connectivity index (χ2v) is 8.86. The molecule has 0 bridgehead atoms. The number of carbonyl (C=O) groups excluding carboxylic acids is 1. The number of aromatic nitrogens is 2. The molecule has 1 atom stereocenters. The van der Waals surface area contributed by atoms with Crippen LogP contribution in [0, 0.1) is 0 Å². The lowest BCUT2D eigenvalue weighted by atomic mass is 9.83. The van der Waals surface area contributed by atoms with E-state index in [-0.39, 0.29) is 12.0 Å². The van der Waals surface area contributed by atoms with Gasteiger partial charge < -0.3 is 15.8 Å². The molecule has 7 heteroatoms. The largest absolute Gasteiger partial charge is 0.474 e. The van der Waals surface area contributed by atoms with Gasteiger partial charge in [-0.2, -0.15) is 0 Å². The average Bonchev–Trinajstić information content (AvgIpc) is 3.07. The fourth-order valence-corrected chi connectivity index (χ4v) is 5.82. The highest BCUT2D eigenvalue weighted by Gasteiger charge is 2.29. The Morgan fingerprint density at radius 3 is 2.85 bits per heavy atom. The van der Waals surface area contributed by atoms with E-state index in [2.05, 4.69) is 15.3 Å². The van der Waals surface area contributed by atoms with E-state index < -0.39 is 0 Å².